The van der Waals surface area contributed by atoms with Gasteiger partial charge in [0.25, 0.3) is 5.91 Å². The fraction of sp³-hybridized carbons (Fsp3) is 0.250. The van der Waals surface area contributed by atoms with Gasteiger partial charge in [-0.25, -0.2) is 0 Å². The Kier molecular flexibility index (Phi) is 4.61. The summed E-state index contributed by atoms with van der Waals surface area (Å²) in [5.74, 6) is 0.915. The molecule has 7 nitrogen and oxygen atoms in total. The first kappa shape index (κ1) is 15.5. The Hall–Kier alpha value is -1.90. The second-order valence-corrected chi connectivity index (χ2v) is 5.27. The minimum absolute atomic E-state index is 0. The Morgan fingerprint density at radius 2 is 2.14 bits per heavy atom. The maximum Gasteiger partial charge on any atom is 0.257 e. The van der Waals surface area contributed by atoms with Crippen molar-refractivity contribution in [3.8, 4) is 11.5 Å². The van der Waals surface area contributed by atoms with Crippen molar-refractivity contribution in [3.05, 3.63) is 28.8 Å². The van der Waals surface area contributed by atoms with Crippen LogP contribution in [0.5, 0.6) is 11.5 Å². The van der Waals surface area contributed by atoms with Crippen LogP contribution in [0.25, 0.3) is 0 Å². The smallest absolute Gasteiger partial charge is 0.257 e. The van der Waals surface area contributed by atoms with E-state index in [1.165, 1.54) is 11.3 Å². The van der Waals surface area contributed by atoms with Gasteiger partial charge in [0.1, 0.15) is 5.01 Å². The number of nitrogens with two attached hydrogens (primary N) is 1. The van der Waals surface area contributed by atoms with Gasteiger partial charge in [0.2, 0.25) is 11.9 Å². The van der Waals surface area contributed by atoms with Crippen molar-refractivity contribution in [3.63, 3.8) is 0 Å². The van der Waals surface area contributed by atoms with Gasteiger partial charge in [0.05, 0.1) is 6.04 Å². The lowest BCUT2D eigenvalue weighted by Crippen LogP contribution is -2.11. The Bertz CT molecular complexity index is 662. The summed E-state index contributed by atoms with van der Waals surface area (Å²) < 4.78 is 10.4. The summed E-state index contributed by atoms with van der Waals surface area (Å²) in [7, 11) is 0. The van der Waals surface area contributed by atoms with Crippen LogP contribution < -0.4 is 20.5 Å². The van der Waals surface area contributed by atoms with Gasteiger partial charge in [-0.2, -0.15) is 0 Å². The number of nitrogens with one attached hydrogen (secondary N) is 1. The van der Waals surface area contributed by atoms with Gasteiger partial charge in [-0.1, -0.05) is 11.3 Å². The third-order valence-electron chi connectivity index (χ3n) is 2.69. The molecule has 2 aromatic rings. The largest absolute Gasteiger partial charge is 0.454 e. The van der Waals surface area contributed by atoms with Gasteiger partial charge in [-0.3, -0.25) is 10.1 Å². The standard InChI is InChI=1S/C12H12N4O3S.ClH/c1-6(13)11-15-16-12(20-11)14-10(17)7-2-3-8-9(4-7)19-5-18-8;/h2-4,6H,5,13H2,1H3,(H,14,16,17);1H. The van der Waals surface area contributed by atoms with E-state index >= 15 is 0 Å². The molecule has 1 unspecified atom stereocenters. The summed E-state index contributed by atoms with van der Waals surface area (Å²) in [4.78, 5) is 12.1. The van der Waals surface area contributed by atoms with E-state index in [0.29, 0.717) is 27.2 Å². The van der Waals surface area contributed by atoms with Gasteiger partial charge in [-0.15, -0.1) is 22.6 Å². The predicted molar refractivity (Wildman–Crippen MR) is 80.3 cm³/mol. The van der Waals surface area contributed by atoms with Crippen molar-refractivity contribution in [2.24, 2.45) is 5.73 Å². The number of carbonyl (C=O) groups is 1. The number of benzene rings is 1. The highest BCUT2D eigenvalue weighted by Crippen LogP contribution is 2.32. The Morgan fingerprint density at radius 1 is 1.38 bits per heavy atom. The Balaban J connectivity index is 0.00000161. The quantitative estimate of drug-likeness (QED) is 0.893. The molecule has 3 rings (SSSR count). The third-order valence-corrected chi connectivity index (χ3v) is 3.73. The van der Waals surface area contributed by atoms with E-state index in [-0.39, 0.29) is 31.1 Å². The number of hydrogen-bond acceptors (Lipinski definition) is 7. The van der Waals surface area contributed by atoms with Crippen molar-refractivity contribution in [1.82, 2.24) is 10.2 Å². The summed E-state index contributed by atoms with van der Waals surface area (Å²) in [5, 5.41) is 11.5. The molecule has 0 fully saturated rings. The molecule has 1 aliphatic heterocycles. The van der Waals surface area contributed by atoms with Crippen molar-refractivity contribution < 1.29 is 14.3 Å². The number of halogens is 1. The molecule has 3 N–H and O–H groups in total. The number of amides is 1. The van der Waals surface area contributed by atoms with Crippen molar-refractivity contribution in [1.29, 1.82) is 0 Å². The van der Waals surface area contributed by atoms with Crippen LogP contribution in [-0.2, 0) is 0 Å². The molecule has 1 aliphatic rings. The summed E-state index contributed by atoms with van der Waals surface area (Å²) in [6.45, 7) is 1.98. The first-order valence-corrected chi connectivity index (χ1v) is 6.75. The minimum atomic E-state index is -0.282. The number of fused-ring (bicyclic) bond motifs is 1. The van der Waals surface area contributed by atoms with Crippen LogP contribution in [0, 0.1) is 0 Å². The molecule has 1 atom stereocenters. The van der Waals surface area contributed by atoms with Gasteiger partial charge in [0, 0.05) is 5.56 Å². The Labute approximate surface area is 130 Å². The van der Waals surface area contributed by atoms with Crippen LogP contribution in [-0.4, -0.2) is 22.9 Å². The lowest BCUT2D eigenvalue weighted by atomic mass is 10.2. The summed E-state index contributed by atoms with van der Waals surface area (Å²) in [5.41, 5.74) is 6.16. The van der Waals surface area contributed by atoms with E-state index in [1.54, 1.807) is 18.2 Å². The first-order chi connectivity index (χ1) is 9.63. The number of anilines is 1. The zero-order chi connectivity index (χ0) is 14.1. The van der Waals surface area contributed by atoms with Crippen molar-refractivity contribution in [2.45, 2.75) is 13.0 Å². The van der Waals surface area contributed by atoms with Crippen LogP contribution in [0.4, 0.5) is 5.13 Å². The lowest BCUT2D eigenvalue weighted by Gasteiger charge is -2.02. The SMILES string of the molecule is CC(N)c1nnc(NC(=O)c2ccc3c(c2)OCO3)s1.Cl. The van der Waals surface area contributed by atoms with Crippen LogP contribution in [0.15, 0.2) is 18.2 Å². The zero-order valence-electron chi connectivity index (χ0n) is 11.0. The van der Waals surface area contributed by atoms with E-state index in [4.69, 9.17) is 15.2 Å². The van der Waals surface area contributed by atoms with E-state index < -0.39 is 0 Å². The molecular weight excluding hydrogens is 316 g/mol. The Morgan fingerprint density at radius 3 is 2.86 bits per heavy atom. The molecule has 0 bridgehead atoms. The lowest BCUT2D eigenvalue weighted by molar-refractivity contribution is 0.102. The van der Waals surface area contributed by atoms with Crippen LogP contribution in [0.1, 0.15) is 28.3 Å². The first-order valence-electron chi connectivity index (χ1n) is 5.93. The molecule has 0 radical (unpaired) electrons. The molecule has 1 amide bonds. The van der Waals surface area contributed by atoms with Crippen LogP contribution in [0.3, 0.4) is 0 Å². The van der Waals surface area contributed by atoms with Gasteiger partial charge in [0.15, 0.2) is 11.5 Å². The normalized spacial score (nSPS) is 13.4. The maximum absolute atomic E-state index is 12.1. The van der Waals surface area contributed by atoms with E-state index in [1.807, 2.05) is 6.92 Å². The van der Waals surface area contributed by atoms with Crippen LogP contribution in [0.2, 0.25) is 0 Å². The molecule has 9 heteroatoms. The summed E-state index contributed by atoms with van der Waals surface area (Å²) in [6, 6.07) is 4.79. The molecular formula is C12H13ClN4O3S. The molecule has 0 spiro atoms. The topological polar surface area (TPSA) is 99.4 Å². The number of ether oxygens (including phenoxy) is 2. The van der Waals surface area contributed by atoms with Crippen molar-refractivity contribution in [2.75, 3.05) is 12.1 Å². The summed E-state index contributed by atoms with van der Waals surface area (Å²) in [6.07, 6.45) is 0. The fourth-order valence-electron chi connectivity index (χ4n) is 1.68. The monoisotopic (exact) mass is 328 g/mol. The highest BCUT2D eigenvalue weighted by atomic mass is 35.5. The molecule has 2 heterocycles. The average Bonchev–Trinajstić information content (AvgIpc) is 3.05. The molecule has 1 aromatic carbocycles. The highest BCUT2D eigenvalue weighted by molar-refractivity contribution is 7.15. The van der Waals surface area contributed by atoms with Gasteiger partial charge >= 0.3 is 0 Å². The number of aromatic nitrogens is 2. The number of hydrogen-bond donors (Lipinski definition) is 2. The van der Waals surface area contributed by atoms with Gasteiger partial charge < -0.3 is 15.2 Å². The molecule has 0 aliphatic carbocycles. The fourth-order valence-corrected chi connectivity index (χ4v) is 2.37. The average molecular weight is 329 g/mol. The van der Waals surface area contributed by atoms with E-state index in [9.17, 15) is 4.79 Å². The molecule has 1 aromatic heterocycles. The van der Waals surface area contributed by atoms with Crippen molar-refractivity contribution >= 4 is 34.8 Å². The minimum Gasteiger partial charge on any atom is -0.454 e. The van der Waals surface area contributed by atoms with E-state index in [0.717, 1.165) is 0 Å². The second-order valence-electron chi connectivity index (χ2n) is 4.26. The van der Waals surface area contributed by atoms with E-state index in [2.05, 4.69) is 15.5 Å². The van der Waals surface area contributed by atoms with Crippen LogP contribution >= 0.6 is 23.7 Å². The zero-order valence-corrected chi connectivity index (χ0v) is 12.7. The molecule has 21 heavy (non-hydrogen) atoms. The second kappa shape index (κ2) is 6.25. The molecule has 112 valence electrons. The maximum atomic E-state index is 12.1. The van der Waals surface area contributed by atoms with Gasteiger partial charge in [-0.05, 0) is 25.1 Å². The highest BCUT2D eigenvalue weighted by Gasteiger charge is 2.17. The number of carbonyl (C=O) groups excluding carboxylic acids is 1. The molecule has 0 saturated carbocycles. The number of rotatable bonds is 3. The number of nitrogens with zero attached hydrogens (tertiary/aromatic N) is 2. The molecule has 0 saturated heterocycles. The third kappa shape index (κ3) is 3.23. The summed E-state index contributed by atoms with van der Waals surface area (Å²) >= 11 is 1.25. The predicted octanol–water partition coefficient (Wildman–Crippen LogP) is 1.96.